The van der Waals surface area contributed by atoms with Gasteiger partial charge in [0.1, 0.15) is 5.82 Å². The Morgan fingerprint density at radius 2 is 2.54 bits per heavy atom. The Morgan fingerprint density at radius 3 is 3.08 bits per heavy atom. The Bertz CT molecular complexity index is 311. The van der Waals surface area contributed by atoms with Crippen molar-refractivity contribution in [2.24, 2.45) is 4.99 Å². The number of aryl methyl sites for hydroxylation is 1. The maximum atomic E-state index is 4.19. The van der Waals surface area contributed by atoms with Crippen LogP contribution in [0.25, 0.3) is 0 Å². The van der Waals surface area contributed by atoms with E-state index in [0.29, 0.717) is 0 Å². The van der Waals surface area contributed by atoms with Crippen LogP contribution in [0.15, 0.2) is 24.0 Å². The fraction of sp³-hybridized carbons (Fsp3) is 0.333. The van der Waals surface area contributed by atoms with Crippen LogP contribution >= 0.6 is 0 Å². The van der Waals surface area contributed by atoms with E-state index >= 15 is 0 Å². The molecule has 0 unspecified atom stereocenters. The lowest BCUT2D eigenvalue weighted by Crippen LogP contribution is -2.02. The summed E-state index contributed by atoms with van der Waals surface area (Å²) in [6.07, 6.45) is 5.18. The van der Waals surface area contributed by atoms with E-state index in [0.717, 1.165) is 17.9 Å². The predicted molar refractivity (Wildman–Crippen MR) is 55.2 cm³/mol. The Labute approximate surface area is 78.0 Å². The third-order valence-electron chi connectivity index (χ3n) is 1.67. The Hall–Kier alpha value is -1.58. The second kappa shape index (κ2) is 4.45. The highest BCUT2D eigenvalue weighted by molar-refractivity contribution is 5.86. The molecule has 0 spiro atoms. The van der Waals surface area contributed by atoms with Crippen LogP contribution in [0, 0.1) is 0 Å². The molecular weight excluding hydrogens is 164 g/mol. The first-order valence-corrected chi connectivity index (χ1v) is 4.18. The Kier molecular flexibility index (Phi) is 3.25. The number of hydrogen-bond donors (Lipinski definition) is 1. The lowest BCUT2D eigenvalue weighted by molar-refractivity contribution is 0.668. The first kappa shape index (κ1) is 9.51. The summed E-state index contributed by atoms with van der Waals surface area (Å²) in [6.45, 7) is 6.48. The maximum absolute atomic E-state index is 4.19. The first-order valence-electron chi connectivity index (χ1n) is 4.18. The van der Waals surface area contributed by atoms with E-state index in [1.165, 1.54) is 0 Å². The smallest absolute Gasteiger partial charge is 0.137 e. The molecule has 1 aromatic rings. The molecule has 0 amide bonds. The molecule has 0 bridgehead atoms. The molecule has 4 heteroatoms. The molecule has 4 nitrogen and oxygen atoms in total. The lowest BCUT2D eigenvalue weighted by Gasteiger charge is -2.04. The van der Waals surface area contributed by atoms with Gasteiger partial charge in [-0.05, 0) is 13.1 Å². The molecular formula is C9H14N4. The number of nitrogens with one attached hydrogen (secondary N) is 1. The van der Waals surface area contributed by atoms with Gasteiger partial charge in [-0.2, -0.15) is 5.10 Å². The molecule has 70 valence electrons. The number of rotatable bonds is 4. The fourth-order valence-corrected chi connectivity index (χ4v) is 1.13. The van der Waals surface area contributed by atoms with Crippen molar-refractivity contribution in [1.82, 2.24) is 9.78 Å². The molecule has 1 aromatic heterocycles. The summed E-state index contributed by atoms with van der Waals surface area (Å²) in [4.78, 5) is 3.94. The predicted octanol–water partition coefficient (Wildman–Crippen LogP) is 1.51. The van der Waals surface area contributed by atoms with Crippen molar-refractivity contribution in [2.75, 3.05) is 12.4 Å². The zero-order valence-corrected chi connectivity index (χ0v) is 7.99. The summed E-state index contributed by atoms with van der Waals surface area (Å²) >= 11 is 0. The van der Waals surface area contributed by atoms with Gasteiger partial charge in [0.15, 0.2) is 0 Å². The van der Waals surface area contributed by atoms with E-state index < -0.39 is 0 Å². The summed E-state index contributed by atoms with van der Waals surface area (Å²) < 4.78 is 1.86. The largest absolute Gasteiger partial charge is 0.347 e. The molecule has 1 N–H and O–H groups in total. The number of aromatic nitrogens is 2. The first-order chi connectivity index (χ1) is 6.33. The molecule has 0 aromatic carbocycles. The molecule has 0 aliphatic carbocycles. The minimum atomic E-state index is 0.827. The summed E-state index contributed by atoms with van der Waals surface area (Å²) in [5.74, 6) is 0.933. The molecule has 13 heavy (non-hydrogen) atoms. The highest BCUT2D eigenvalue weighted by Crippen LogP contribution is 2.12. The van der Waals surface area contributed by atoms with Crippen LogP contribution in [-0.4, -0.2) is 23.0 Å². The summed E-state index contributed by atoms with van der Waals surface area (Å²) in [5.41, 5.74) is 0.976. The van der Waals surface area contributed by atoms with Crippen molar-refractivity contribution in [3.05, 3.63) is 24.5 Å². The highest BCUT2D eigenvalue weighted by Gasteiger charge is 2.05. The highest BCUT2D eigenvalue weighted by atomic mass is 15.3. The Morgan fingerprint density at radius 1 is 1.77 bits per heavy atom. The van der Waals surface area contributed by atoms with E-state index in [2.05, 4.69) is 22.0 Å². The number of anilines is 1. The second-order valence-electron chi connectivity index (χ2n) is 2.50. The molecule has 0 saturated heterocycles. The maximum Gasteiger partial charge on any atom is 0.137 e. The number of nitrogens with zero attached hydrogens (tertiary/aromatic N) is 3. The molecule has 1 rings (SSSR count). The van der Waals surface area contributed by atoms with Gasteiger partial charge in [-0.3, -0.25) is 4.99 Å². The number of hydrogen-bond acceptors (Lipinski definition) is 3. The molecule has 1 heterocycles. The monoisotopic (exact) mass is 178 g/mol. The van der Waals surface area contributed by atoms with Gasteiger partial charge in [-0.1, -0.05) is 6.58 Å². The van der Waals surface area contributed by atoms with Gasteiger partial charge in [-0.25, -0.2) is 4.68 Å². The topological polar surface area (TPSA) is 42.2 Å². The van der Waals surface area contributed by atoms with Crippen LogP contribution in [0.3, 0.4) is 0 Å². The normalized spacial score (nSPS) is 10.6. The zero-order valence-electron chi connectivity index (χ0n) is 7.99. The average Bonchev–Trinajstić information content (AvgIpc) is 2.50. The van der Waals surface area contributed by atoms with Gasteiger partial charge < -0.3 is 5.32 Å². The third-order valence-corrected chi connectivity index (χ3v) is 1.67. The van der Waals surface area contributed by atoms with E-state index in [-0.39, 0.29) is 0 Å². The number of aliphatic imine (C=N–C) groups is 1. The van der Waals surface area contributed by atoms with Crippen molar-refractivity contribution in [3.8, 4) is 0 Å². The molecule has 0 radical (unpaired) electrons. The van der Waals surface area contributed by atoms with Crippen molar-refractivity contribution in [2.45, 2.75) is 13.5 Å². The van der Waals surface area contributed by atoms with Gasteiger partial charge >= 0.3 is 0 Å². The van der Waals surface area contributed by atoms with Crippen LogP contribution < -0.4 is 5.32 Å². The average molecular weight is 178 g/mol. The molecule has 0 fully saturated rings. The van der Waals surface area contributed by atoms with Gasteiger partial charge in [0.05, 0.1) is 11.8 Å². The van der Waals surface area contributed by atoms with E-state index in [1.54, 1.807) is 25.7 Å². The van der Waals surface area contributed by atoms with Crippen LogP contribution in [0.2, 0.25) is 0 Å². The van der Waals surface area contributed by atoms with E-state index in [9.17, 15) is 0 Å². The van der Waals surface area contributed by atoms with Gasteiger partial charge in [-0.15, -0.1) is 0 Å². The van der Waals surface area contributed by atoms with Gasteiger partial charge in [0, 0.05) is 19.8 Å². The second-order valence-corrected chi connectivity index (χ2v) is 2.50. The summed E-state index contributed by atoms with van der Waals surface area (Å²) in [6, 6.07) is 0. The zero-order chi connectivity index (χ0) is 9.68. The van der Waals surface area contributed by atoms with Crippen molar-refractivity contribution < 1.29 is 0 Å². The van der Waals surface area contributed by atoms with Crippen LogP contribution in [0.5, 0.6) is 0 Å². The molecule has 0 saturated carbocycles. The van der Waals surface area contributed by atoms with Crippen molar-refractivity contribution in [3.63, 3.8) is 0 Å². The lowest BCUT2D eigenvalue weighted by atomic mass is 10.3. The molecule has 0 atom stereocenters. The Balaban J connectivity index is 3.05. The molecule has 0 aliphatic rings. The SMILES string of the molecule is C=CNc1c(C=NC)cnn1CC. The quantitative estimate of drug-likeness (QED) is 0.710. The summed E-state index contributed by atoms with van der Waals surface area (Å²) in [7, 11) is 1.74. The van der Waals surface area contributed by atoms with Crippen molar-refractivity contribution >= 4 is 12.0 Å². The minimum Gasteiger partial charge on any atom is -0.347 e. The van der Waals surface area contributed by atoms with Crippen molar-refractivity contribution in [1.29, 1.82) is 0 Å². The summed E-state index contributed by atoms with van der Waals surface area (Å²) in [5, 5.41) is 7.22. The van der Waals surface area contributed by atoms with E-state index in [4.69, 9.17) is 0 Å². The standard InChI is InChI=1S/C9H14N4/c1-4-11-9-8(6-10-3)7-12-13(9)5-2/h4,6-7,11H,1,5H2,2-3H3. The minimum absolute atomic E-state index is 0.827. The molecule has 0 aliphatic heterocycles. The third kappa shape index (κ3) is 1.96. The van der Waals surface area contributed by atoms with Crippen LogP contribution in [-0.2, 0) is 6.54 Å². The van der Waals surface area contributed by atoms with E-state index in [1.807, 2.05) is 11.6 Å². The van der Waals surface area contributed by atoms with Crippen LogP contribution in [0.1, 0.15) is 12.5 Å². The van der Waals surface area contributed by atoms with Gasteiger partial charge in [0.2, 0.25) is 0 Å². The fourth-order valence-electron chi connectivity index (χ4n) is 1.13. The van der Waals surface area contributed by atoms with Gasteiger partial charge in [0.25, 0.3) is 0 Å². The van der Waals surface area contributed by atoms with Crippen LogP contribution in [0.4, 0.5) is 5.82 Å².